The lowest BCUT2D eigenvalue weighted by Crippen LogP contribution is -2.55. The summed E-state index contributed by atoms with van der Waals surface area (Å²) in [7, 11) is 0. The average Bonchev–Trinajstić information content (AvgIpc) is 3.23. The Morgan fingerprint density at radius 1 is 1.17 bits per heavy atom. The van der Waals surface area contributed by atoms with E-state index < -0.39 is 29.1 Å². The monoisotopic (exact) mass is 417 g/mol. The molecule has 2 unspecified atom stereocenters. The Labute approximate surface area is 177 Å². The van der Waals surface area contributed by atoms with Gasteiger partial charge in [0.05, 0.1) is 6.61 Å². The predicted octanol–water partition coefficient (Wildman–Crippen LogP) is 3.45. The predicted molar refractivity (Wildman–Crippen MR) is 110 cm³/mol. The van der Waals surface area contributed by atoms with E-state index in [0.717, 1.165) is 5.56 Å². The Kier molecular flexibility index (Phi) is 6.68. The van der Waals surface area contributed by atoms with E-state index in [1.165, 1.54) is 4.90 Å². The number of Topliss-reactive ketones (excluding diaryl/α,β-unsaturated/α-hetero) is 1. The lowest BCUT2D eigenvalue weighted by atomic mass is 9.80. The maximum Gasteiger partial charge on any atom is 0.329 e. The van der Waals surface area contributed by atoms with Crippen molar-refractivity contribution >= 4 is 17.7 Å². The molecule has 2 aliphatic rings. The van der Waals surface area contributed by atoms with Crippen LogP contribution in [0.25, 0.3) is 0 Å². The number of fused-ring (bicyclic) bond motifs is 1. The van der Waals surface area contributed by atoms with Crippen LogP contribution in [0.1, 0.15) is 64.9 Å². The van der Waals surface area contributed by atoms with Crippen LogP contribution in [0, 0.1) is 5.41 Å². The fourth-order valence-electron chi connectivity index (χ4n) is 3.88. The summed E-state index contributed by atoms with van der Waals surface area (Å²) in [6, 6.07) is 4.73. The second-order valence-corrected chi connectivity index (χ2v) is 8.54. The summed E-state index contributed by atoms with van der Waals surface area (Å²) in [6.07, 6.45) is 2.63. The van der Waals surface area contributed by atoms with Crippen molar-refractivity contribution in [2.45, 2.75) is 65.3 Å². The number of likely N-dealkylation sites (tertiary alicyclic amines) is 1. The zero-order valence-electron chi connectivity index (χ0n) is 18.2. The van der Waals surface area contributed by atoms with E-state index in [2.05, 4.69) is 0 Å². The van der Waals surface area contributed by atoms with E-state index in [1.54, 1.807) is 13.8 Å². The number of esters is 1. The average molecular weight is 418 g/mol. The molecule has 30 heavy (non-hydrogen) atoms. The van der Waals surface area contributed by atoms with Gasteiger partial charge in [-0.1, -0.05) is 33.8 Å². The second-order valence-electron chi connectivity index (χ2n) is 8.54. The van der Waals surface area contributed by atoms with Gasteiger partial charge in [-0.3, -0.25) is 9.59 Å². The van der Waals surface area contributed by atoms with Crippen molar-refractivity contribution in [3.05, 3.63) is 23.8 Å². The Morgan fingerprint density at radius 3 is 2.60 bits per heavy atom. The Morgan fingerprint density at radius 2 is 1.90 bits per heavy atom. The van der Waals surface area contributed by atoms with Crippen molar-refractivity contribution in [1.82, 2.24) is 4.90 Å². The van der Waals surface area contributed by atoms with Gasteiger partial charge in [0.1, 0.15) is 6.04 Å². The topological polar surface area (TPSA) is 82.1 Å². The lowest BCUT2D eigenvalue weighted by Gasteiger charge is -2.40. The summed E-state index contributed by atoms with van der Waals surface area (Å²) in [5, 5.41) is 0. The lowest BCUT2D eigenvalue weighted by molar-refractivity contribution is -0.162. The molecule has 2 heterocycles. The number of piperidine rings is 1. The molecule has 2 atom stereocenters. The van der Waals surface area contributed by atoms with Crippen molar-refractivity contribution in [3.8, 4) is 11.5 Å². The fourth-order valence-corrected chi connectivity index (χ4v) is 3.88. The van der Waals surface area contributed by atoms with E-state index in [0.29, 0.717) is 43.7 Å². The Bertz CT molecular complexity index is 818. The molecule has 3 rings (SSSR count). The van der Waals surface area contributed by atoms with Crippen LogP contribution in [-0.4, -0.2) is 48.5 Å². The van der Waals surface area contributed by atoms with Crippen LogP contribution in [-0.2, 0) is 19.1 Å². The molecule has 1 aromatic carbocycles. The first kappa shape index (κ1) is 22.1. The van der Waals surface area contributed by atoms with Crippen molar-refractivity contribution in [1.29, 1.82) is 0 Å². The summed E-state index contributed by atoms with van der Waals surface area (Å²) in [5.41, 5.74) is 0.0955. The largest absolute Gasteiger partial charge is 0.464 e. The van der Waals surface area contributed by atoms with Gasteiger partial charge in [0.2, 0.25) is 12.6 Å². The van der Waals surface area contributed by atoms with E-state index in [-0.39, 0.29) is 19.3 Å². The summed E-state index contributed by atoms with van der Waals surface area (Å²) < 4.78 is 16.3. The van der Waals surface area contributed by atoms with Crippen molar-refractivity contribution in [2.75, 3.05) is 19.9 Å². The van der Waals surface area contributed by atoms with Gasteiger partial charge in [0.25, 0.3) is 5.91 Å². The number of hydrogen-bond acceptors (Lipinski definition) is 6. The third-order valence-electron chi connectivity index (χ3n) is 6.10. The highest BCUT2D eigenvalue weighted by Gasteiger charge is 2.45. The van der Waals surface area contributed by atoms with Gasteiger partial charge in [0, 0.05) is 17.9 Å². The molecule has 0 aliphatic carbocycles. The standard InChI is InChI=1S/C23H31NO6/c1-5-12-28-22(27)19-16(15-9-10-17-18(13-15)30-14-29-17)8-7-11-24(19)21(26)20(25)23(3,4)6-2/h9-10,13,16,19H,5-8,11-12,14H2,1-4H3. The third-order valence-corrected chi connectivity index (χ3v) is 6.10. The highest BCUT2D eigenvalue weighted by Crippen LogP contribution is 2.40. The van der Waals surface area contributed by atoms with Crippen LogP contribution in [0.15, 0.2) is 18.2 Å². The molecule has 0 spiro atoms. The molecule has 0 radical (unpaired) electrons. The number of carbonyl (C=O) groups is 3. The number of nitrogens with zero attached hydrogens (tertiary/aromatic N) is 1. The first-order chi connectivity index (χ1) is 14.3. The van der Waals surface area contributed by atoms with Crippen LogP contribution in [0.3, 0.4) is 0 Å². The zero-order valence-corrected chi connectivity index (χ0v) is 18.2. The number of amides is 1. The molecule has 7 nitrogen and oxygen atoms in total. The van der Waals surface area contributed by atoms with Gasteiger partial charge in [0.15, 0.2) is 11.5 Å². The summed E-state index contributed by atoms with van der Waals surface area (Å²) in [5.74, 6) is -0.531. The highest BCUT2D eigenvalue weighted by molar-refractivity contribution is 6.38. The SMILES string of the molecule is CCCOC(=O)C1C(c2ccc3c(c2)OCO3)CCCN1C(=O)C(=O)C(C)(C)CC. The summed E-state index contributed by atoms with van der Waals surface area (Å²) in [4.78, 5) is 40.5. The number of ether oxygens (including phenoxy) is 3. The van der Waals surface area contributed by atoms with Gasteiger partial charge in [-0.05, 0) is 43.4 Å². The minimum absolute atomic E-state index is 0.163. The molecule has 0 bridgehead atoms. The minimum Gasteiger partial charge on any atom is -0.464 e. The van der Waals surface area contributed by atoms with Gasteiger partial charge in [-0.25, -0.2) is 4.79 Å². The molecule has 0 saturated carbocycles. The van der Waals surface area contributed by atoms with Crippen LogP contribution >= 0.6 is 0 Å². The molecule has 164 valence electrons. The fraction of sp³-hybridized carbons (Fsp3) is 0.609. The molecule has 0 aromatic heterocycles. The summed E-state index contributed by atoms with van der Waals surface area (Å²) >= 11 is 0. The maximum absolute atomic E-state index is 13.2. The second kappa shape index (κ2) is 9.06. The van der Waals surface area contributed by atoms with Gasteiger partial charge in [-0.2, -0.15) is 0 Å². The molecule has 1 fully saturated rings. The van der Waals surface area contributed by atoms with Gasteiger partial charge in [-0.15, -0.1) is 0 Å². The highest BCUT2D eigenvalue weighted by atomic mass is 16.7. The van der Waals surface area contributed by atoms with E-state index in [4.69, 9.17) is 14.2 Å². The molecule has 1 aromatic rings. The van der Waals surface area contributed by atoms with Crippen LogP contribution < -0.4 is 9.47 Å². The number of ketones is 1. The van der Waals surface area contributed by atoms with Crippen molar-refractivity contribution in [2.24, 2.45) is 5.41 Å². The van der Waals surface area contributed by atoms with Crippen LogP contribution in [0.4, 0.5) is 0 Å². The van der Waals surface area contributed by atoms with Crippen molar-refractivity contribution in [3.63, 3.8) is 0 Å². The molecular weight excluding hydrogens is 386 g/mol. The van der Waals surface area contributed by atoms with E-state index >= 15 is 0 Å². The number of carbonyl (C=O) groups excluding carboxylic acids is 3. The molecule has 7 heteroatoms. The molecule has 1 saturated heterocycles. The van der Waals surface area contributed by atoms with Crippen LogP contribution in [0.5, 0.6) is 11.5 Å². The normalized spacial score (nSPS) is 20.7. The first-order valence-corrected chi connectivity index (χ1v) is 10.7. The van der Waals surface area contributed by atoms with Gasteiger partial charge >= 0.3 is 5.97 Å². The van der Waals surface area contributed by atoms with Crippen LogP contribution in [0.2, 0.25) is 0 Å². The first-order valence-electron chi connectivity index (χ1n) is 10.7. The minimum atomic E-state index is -0.838. The van der Waals surface area contributed by atoms with E-state index in [9.17, 15) is 14.4 Å². The summed E-state index contributed by atoms with van der Waals surface area (Å²) in [6.45, 7) is 8.12. The van der Waals surface area contributed by atoms with Crippen molar-refractivity contribution < 1.29 is 28.6 Å². The third kappa shape index (κ3) is 4.30. The maximum atomic E-state index is 13.2. The molecule has 2 aliphatic heterocycles. The van der Waals surface area contributed by atoms with Gasteiger partial charge < -0.3 is 19.1 Å². The Hall–Kier alpha value is -2.57. The smallest absolute Gasteiger partial charge is 0.329 e. The molecule has 0 N–H and O–H groups in total. The van der Waals surface area contributed by atoms with E-state index in [1.807, 2.05) is 32.0 Å². The quantitative estimate of drug-likeness (QED) is 0.499. The molecular formula is C23H31NO6. The number of rotatable bonds is 7. The number of benzene rings is 1. The molecule has 1 amide bonds. The Balaban J connectivity index is 1.94. The number of hydrogen-bond donors (Lipinski definition) is 0. The zero-order chi connectivity index (χ0) is 21.9.